The highest BCUT2D eigenvalue weighted by Gasteiger charge is 2.31. The lowest BCUT2D eigenvalue weighted by molar-refractivity contribution is -0.154. The number of rotatable bonds is 6. The molecule has 6 nitrogen and oxygen atoms in total. The van der Waals surface area contributed by atoms with Crippen molar-refractivity contribution in [3.05, 3.63) is 29.8 Å². The first-order chi connectivity index (χ1) is 11.7. The van der Waals surface area contributed by atoms with Gasteiger partial charge in [0.2, 0.25) is 0 Å². The maximum atomic E-state index is 12.2. The van der Waals surface area contributed by atoms with Gasteiger partial charge in [0.05, 0.1) is 11.5 Å². The average Bonchev–Trinajstić information content (AvgIpc) is 2.88. The summed E-state index contributed by atoms with van der Waals surface area (Å²) in [5, 5.41) is 2.18. The van der Waals surface area contributed by atoms with Crippen LogP contribution >= 0.6 is 11.8 Å². The van der Waals surface area contributed by atoms with Crippen LogP contribution in [0.15, 0.2) is 29.2 Å². The summed E-state index contributed by atoms with van der Waals surface area (Å²) in [4.78, 5) is 25.2. The van der Waals surface area contributed by atoms with E-state index in [0.29, 0.717) is 6.42 Å². The van der Waals surface area contributed by atoms with E-state index in [1.165, 1.54) is 18.7 Å². The van der Waals surface area contributed by atoms with Crippen LogP contribution in [0.2, 0.25) is 0 Å². The van der Waals surface area contributed by atoms with E-state index in [0.717, 1.165) is 10.5 Å². The van der Waals surface area contributed by atoms with Gasteiger partial charge < -0.3 is 10.1 Å². The highest BCUT2D eigenvalue weighted by Crippen LogP contribution is 2.24. The molecule has 0 radical (unpaired) electrons. The molecule has 1 aliphatic rings. The molecule has 0 saturated carbocycles. The molecule has 1 aliphatic heterocycles. The molecule has 1 N–H and O–H groups in total. The van der Waals surface area contributed by atoms with Gasteiger partial charge in [0.1, 0.15) is 5.25 Å². The molecule has 8 heteroatoms. The van der Waals surface area contributed by atoms with E-state index in [9.17, 15) is 18.0 Å². The molecule has 0 unspecified atom stereocenters. The fraction of sp³-hybridized carbons (Fsp3) is 0.529. The zero-order valence-corrected chi connectivity index (χ0v) is 16.2. The molecule has 1 amide bonds. The highest BCUT2D eigenvalue weighted by atomic mass is 32.2. The highest BCUT2D eigenvalue weighted by molar-refractivity contribution is 8.00. The molecule has 1 aromatic rings. The second-order valence-corrected chi connectivity index (χ2v) is 9.90. The van der Waals surface area contributed by atoms with Crippen LogP contribution in [-0.2, 0) is 24.2 Å². The largest absolute Gasteiger partial charge is 0.452 e. The zero-order valence-electron chi connectivity index (χ0n) is 14.5. The van der Waals surface area contributed by atoms with Crippen LogP contribution in [0, 0.1) is 6.92 Å². The van der Waals surface area contributed by atoms with Crippen molar-refractivity contribution in [2.24, 2.45) is 0 Å². The van der Waals surface area contributed by atoms with Crippen LogP contribution in [-0.4, -0.2) is 49.2 Å². The maximum absolute atomic E-state index is 12.2. The Hall–Kier alpha value is -1.54. The standard InChI is InChI=1S/C17H23NO5S2/c1-11-4-6-15(7-5-11)24-13(3)17(20)23-12(2)16(19)18-14-8-9-25(21,22)10-14/h4-7,12-14H,8-10H2,1-3H3,(H,18,19)/t12-,13-,14+/m0/s1. The Morgan fingerprint density at radius 1 is 1.24 bits per heavy atom. The predicted molar refractivity (Wildman–Crippen MR) is 97.3 cm³/mol. The van der Waals surface area contributed by atoms with Gasteiger partial charge in [0, 0.05) is 10.9 Å². The summed E-state index contributed by atoms with van der Waals surface area (Å²) in [6.07, 6.45) is -0.564. The first-order valence-electron chi connectivity index (χ1n) is 8.11. The number of amides is 1. The Bertz CT molecular complexity index is 730. The number of hydrogen-bond donors (Lipinski definition) is 1. The molecule has 1 saturated heterocycles. The monoisotopic (exact) mass is 385 g/mol. The van der Waals surface area contributed by atoms with Crippen LogP contribution < -0.4 is 5.32 Å². The SMILES string of the molecule is Cc1ccc(S[C@@H](C)C(=O)O[C@@H](C)C(=O)N[C@@H]2CCS(=O)(=O)C2)cc1. The second kappa shape index (κ2) is 8.23. The lowest BCUT2D eigenvalue weighted by Gasteiger charge is -2.18. The number of thioether (sulfide) groups is 1. The second-order valence-electron chi connectivity index (χ2n) is 6.26. The van der Waals surface area contributed by atoms with Gasteiger partial charge >= 0.3 is 5.97 Å². The Balaban J connectivity index is 1.82. The molecule has 1 aromatic carbocycles. The summed E-state index contributed by atoms with van der Waals surface area (Å²) < 4.78 is 28.0. The molecule has 25 heavy (non-hydrogen) atoms. The van der Waals surface area contributed by atoms with Gasteiger partial charge in [-0.1, -0.05) is 17.7 Å². The van der Waals surface area contributed by atoms with Gasteiger partial charge in [-0.3, -0.25) is 9.59 Å². The number of ether oxygens (including phenoxy) is 1. The van der Waals surface area contributed by atoms with Crippen molar-refractivity contribution in [2.45, 2.75) is 49.5 Å². The molecule has 1 fully saturated rings. The summed E-state index contributed by atoms with van der Waals surface area (Å²) in [5.74, 6) is -0.926. The van der Waals surface area contributed by atoms with E-state index in [2.05, 4.69) is 5.32 Å². The van der Waals surface area contributed by atoms with Crippen LogP contribution in [0.3, 0.4) is 0 Å². The Morgan fingerprint density at radius 2 is 1.88 bits per heavy atom. The number of carbonyl (C=O) groups is 2. The zero-order chi connectivity index (χ0) is 18.6. The number of benzene rings is 1. The molecule has 0 bridgehead atoms. The molecule has 0 aliphatic carbocycles. The molecule has 0 spiro atoms. The normalized spacial score (nSPS) is 21.3. The van der Waals surface area contributed by atoms with Crippen molar-refractivity contribution in [3.63, 3.8) is 0 Å². The maximum Gasteiger partial charge on any atom is 0.319 e. The van der Waals surface area contributed by atoms with Gasteiger partial charge in [-0.15, -0.1) is 11.8 Å². The van der Waals surface area contributed by atoms with Gasteiger partial charge in [-0.25, -0.2) is 8.42 Å². The van der Waals surface area contributed by atoms with Crippen molar-refractivity contribution in [2.75, 3.05) is 11.5 Å². The van der Waals surface area contributed by atoms with E-state index < -0.39 is 39.1 Å². The van der Waals surface area contributed by atoms with Crippen LogP contribution in [0.4, 0.5) is 0 Å². The van der Waals surface area contributed by atoms with Crippen LogP contribution in [0.5, 0.6) is 0 Å². The predicted octanol–water partition coefficient (Wildman–Crippen LogP) is 1.71. The van der Waals surface area contributed by atoms with E-state index in [1.54, 1.807) is 6.92 Å². The summed E-state index contributed by atoms with van der Waals surface area (Å²) in [5.41, 5.74) is 1.14. The number of nitrogens with one attached hydrogen (secondary N) is 1. The lowest BCUT2D eigenvalue weighted by Crippen LogP contribution is -2.43. The summed E-state index contributed by atoms with van der Waals surface area (Å²) in [6, 6.07) is 7.39. The number of carbonyl (C=O) groups excluding carboxylic acids is 2. The van der Waals surface area contributed by atoms with Crippen LogP contribution in [0.25, 0.3) is 0 Å². The summed E-state index contributed by atoms with van der Waals surface area (Å²) in [7, 11) is -3.07. The van der Waals surface area contributed by atoms with E-state index in [-0.39, 0.29) is 11.5 Å². The minimum atomic E-state index is -3.07. The van der Waals surface area contributed by atoms with Gasteiger partial charge in [0.15, 0.2) is 15.9 Å². The summed E-state index contributed by atoms with van der Waals surface area (Å²) in [6.45, 7) is 5.20. The number of hydrogen-bond acceptors (Lipinski definition) is 6. The number of sulfone groups is 1. The third kappa shape index (κ3) is 6.04. The molecule has 2 rings (SSSR count). The van der Waals surface area contributed by atoms with E-state index in [1.807, 2.05) is 31.2 Å². The fourth-order valence-electron chi connectivity index (χ4n) is 2.42. The molecular formula is C17H23NO5S2. The van der Waals surface area contributed by atoms with Gasteiger partial charge in [-0.05, 0) is 39.3 Å². The number of esters is 1. The molecule has 0 aromatic heterocycles. The van der Waals surface area contributed by atoms with Gasteiger partial charge in [0.25, 0.3) is 5.91 Å². The molecular weight excluding hydrogens is 362 g/mol. The Kier molecular flexibility index (Phi) is 6.51. The first-order valence-corrected chi connectivity index (χ1v) is 10.8. The molecule has 3 atom stereocenters. The fourth-order valence-corrected chi connectivity index (χ4v) is 4.95. The van der Waals surface area contributed by atoms with Crippen molar-refractivity contribution in [3.8, 4) is 0 Å². The topological polar surface area (TPSA) is 89.5 Å². The lowest BCUT2D eigenvalue weighted by atomic mass is 10.2. The third-order valence-corrected chi connectivity index (χ3v) is 6.77. The average molecular weight is 386 g/mol. The van der Waals surface area contributed by atoms with Crippen LogP contribution in [0.1, 0.15) is 25.8 Å². The number of aryl methyl sites for hydroxylation is 1. The Morgan fingerprint density at radius 3 is 2.44 bits per heavy atom. The van der Waals surface area contributed by atoms with Crippen molar-refractivity contribution < 1.29 is 22.7 Å². The quantitative estimate of drug-likeness (QED) is 0.592. The van der Waals surface area contributed by atoms with Crippen molar-refractivity contribution >= 4 is 33.5 Å². The summed E-state index contributed by atoms with van der Waals surface area (Å²) >= 11 is 1.36. The van der Waals surface area contributed by atoms with Crippen molar-refractivity contribution in [1.82, 2.24) is 5.32 Å². The minimum absolute atomic E-state index is 0.0565. The first kappa shape index (κ1) is 19.8. The Labute approximate surface area is 152 Å². The minimum Gasteiger partial charge on any atom is -0.452 e. The van der Waals surface area contributed by atoms with E-state index >= 15 is 0 Å². The smallest absolute Gasteiger partial charge is 0.319 e. The molecule has 1 heterocycles. The third-order valence-electron chi connectivity index (χ3n) is 3.91. The molecule has 138 valence electrons. The van der Waals surface area contributed by atoms with Gasteiger partial charge in [-0.2, -0.15) is 0 Å². The van der Waals surface area contributed by atoms with E-state index in [4.69, 9.17) is 4.74 Å². The van der Waals surface area contributed by atoms with Crippen molar-refractivity contribution in [1.29, 1.82) is 0 Å².